The molecule has 0 saturated carbocycles. The van der Waals surface area contributed by atoms with Gasteiger partial charge in [0.25, 0.3) is 5.91 Å². The number of fused-ring (bicyclic) bond motifs is 1. The number of hydrogen-bond acceptors (Lipinski definition) is 2. The van der Waals surface area contributed by atoms with Gasteiger partial charge in [-0.05, 0) is 48.9 Å². The Morgan fingerprint density at radius 2 is 1.50 bits per heavy atom. The average molecular weight is 365 g/mol. The molecule has 0 spiro atoms. The quantitative estimate of drug-likeness (QED) is 0.478. The van der Waals surface area contributed by atoms with Crippen LogP contribution in [0.3, 0.4) is 0 Å². The van der Waals surface area contributed by atoms with Gasteiger partial charge in [0, 0.05) is 16.8 Å². The van der Waals surface area contributed by atoms with E-state index in [1.165, 1.54) is 10.4 Å². The van der Waals surface area contributed by atoms with E-state index in [1.807, 2.05) is 37.3 Å². The first-order valence-corrected chi connectivity index (χ1v) is 9.34. The molecule has 0 atom stereocenters. The van der Waals surface area contributed by atoms with Crippen LogP contribution in [-0.4, -0.2) is 16.2 Å². The summed E-state index contributed by atoms with van der Waals surface area (Å²) in [5.41, 5.74) is 6.15. The maximum absolute atomic E-state index is 12.1. The average Bonchev–Trinajstić information content (AvgIpc) is 3.28. The van der Waals surface area contributed by atoms with Crippen molar-refractivity contribution in [1.82, 2.24) is 4.57 Å². The van der Waals surface area contributed by atoms with E-state index >= 15 is 0 Å². The van der Waals surface area contributed by atoms with Crippen LogP contribution in [0.4, 0.5) is 5.69 Å². The molecule has 5 rings (SSSR count). The lowest BCUT2D eigenvalue weighted by atomic mass is 10.1. The van der Waals surface area contributed by atoms with Crippen molar-refractivity contribution in [1.29, 1.82) is 0 Å². The Morgan fingerprint density at radius 1 is 0.821 bits per heavy atom. The van der Waals surface area contributed by atoms with Crippen LogP contribution in [-0.2, 0) is 4.79 Å². The van der Waals surface area contributed by atoms with Gasteiger partial charge in [0.2, 0.25) is 0 Å². The van der Waals surface area contributed by atoms with E-state index < -0.39 is 0 Å². The second-order valence-electron chi connectivity index (χ2n) is 7.02. The van der Waals surface area contributed by atoms with Crippen LogP contribution in [0.1, 0.15) is 13.3 Å². The summed E-state index contributed by atoms with van der Waals surface area (Å²) in [4.78, 5) is 12.1. The number of hydrogen-bond donors (Lipinski definition) is 0. The third-order valence-corrected chi connectivity index (χ3v) is 5.05. The van der Waals surface area contributed by atoms with Gasteiger partial charge in [0.1, 0.15) is 0 Å². The number of nitrogens with zero attached hydrogens (tertiary/aromatic N) is 3. The summed E-state index contributed by atoms with van der Waals surface area (Å²) in [6.07, 6.45) is 0.391. The third kappa shape index (κ3) is 2.70. The zero-order valence-corrected chi connectivity index (χ0v) is 15.5. The second-order valence-corrected chi connectivity index (χ2v) is 7.02. The molecule has 1 amide bonds. The van der Waals surface area contributed by atoms with Crippen molar-refractivity contribution < 1.29 is 4.79 Å². The monoisotopic (exact) mass is 365 g/mol. The van der Waals surface area contributed by atoms with Crippen LogP contribution in [0.15, 0.2) is 90.0 Å². The minimum Gasteiger partial charge on any atom is -0.309 e. The molecule has 0 N–H and O–H groups in total. The molecule has 1 aliphatic heterocycles. The standard InChI is InChI=1S/C24H19N3O/c1-17-15-24(28)27(25-17)21-13-11-20(12-14-21)26-22-10-6-5-9-19(22)16-23(26)18-7-3-2-4-8-18/h2-14,16H,15H2,1H3. The third-order valence-electron chi connectivity index (χ3n) is 5.05. The topological polar surface area (TPSA) is 37.6 Å². The molecule has 3 aromatic carbocycles. The maximum Gasteiger partial charge on any atom is 0.253 e. The molecule has 0 unspecified atom stereocenters. The van der Waals surface area contributed by atoms with Gasteiger partial charge in [0.05, 0.1) is 23.3 Å². The summed E-state index contributed by atoms with van der Waals surface area (Å²) in [5, 5.41) is 7.03. The highest BCUT2D eigenvalue weighted by Gasteiger charge is 2.22. The van der Waals surface area contributed by atoms with Crippen molar-refractivity contribution in [2.24, 2.45) is 5.10 Å². The fourth-order valence-corrected chi connectivity index (χ4v) is 3.75. The van der Waals surface area contributed by atoms with Crippen LogP contribution in [0.5, 0.6) is 0 Å². The number of hydrazone groups is 1. The first-order valence-electron chi connectivity index (χ1n) is 9.34. The van der Waals surface area contributed by atoms with Crippen LogP contribution < -0.4 is 5.01 Å². The Kier molecular flexibility index (Phi) is 3.83. The Bertz CT molecular complexity index is 1200. The lowest BCUT2D eigenvalue weighted by Gasteiger charge is -2.15. The van der Waals surface area contributed by atoms with Crippen molar-refractivity contribution in [2.45, 2.75) is 13.3 Å². The zero-order valence-electron chi connectivity index (χ0n) is 15.5. The molecule has 4 aromatic rings. The van der Waals surface area contributed by atoms with Gasteiger partial charge in [-0.25, -0.2) is 5.01 Å². The highest BCUT2D eigenvalue weighted by molar-refractivity contribution is 6.12. The van der Waals surface area contributed by atoms with Crippen LogP contribution >= 0.6 is 0 Å². The summed E-state index contributed by atoms with van der Waals surface area (Å²) in [6.45, 7) is 1.88. The summed E-state index contributed by atoms with van der Waals surface area (Å²) < 4.78 is 2.26. The van der Waals surface area contributed by atoms with E-state index in [4.69, 9.17) is 0 Å². The van der Waals surface area contributed by atoms with E-state index in [9.17, 15) is 4.79 Å². The van der Waals surface area contributed by atoms with Gasteiger partial charge < -0.3 is 4.57 Å². The molecule has 4 nitrogen and oxygen atoms in total. The summed E-state index contributed by atoms with van der Waals surface area (Å²) in [5.74, 6) is 0.0154. The molecule has 1 aliphatic rings. The van der Waals surface area contributed by atoms with E-state index in [-0.39, 0.29) is 5.91 Å². The molecule has 136 valence electrons. The summed E-state index contributed by atoms with van der Waals surface area (Å²) in [6, 6.07) is 29.0. The van der Waals surface area contributed by atoms with Crippen molar-refractivity contribution in [3.05, 3.63) is 84.9 Å². The summed E-state index contributed by atoms with van der Waals surface area (Å²) >= 11 is 0. The van der Waals surface area contributed by atoms with E-state index in [0.29, 0.717) is 6.42 Å². The Balaban J connectivity index is 1.64. The van der Waals surface area contributed by atoms with Gasteiger partial charge in [-0.1, -0.05) is 48.5 Å². The molecule has 2 heterocycles. The molecule has 0 radical (unpaired) electrons. The SMILES string of the molecule is CC1=NN(c2ccc(-n3c(-c4ccccc4)cc4ccccc43)cc2)C(=O)C1. The minimum atomic E-state index is 0.0154. The zero-order chi connectivity index (χ0) is 19.1. The molecular weight excluding hydrogens is 346 g/mol. The maximum atomic E-state index is 12.1. The predicted octanol–water partition coefficient (Wildman–Crippen LogP) is 5.41. The van der Waals surface area contributed by atoms with E-state index in [1.54, 1.807) is 0 Å². The predicted molar refractivity (Wildman–Crippen MR) is 114 cm³/mol. The first kappa shape index (κ1) is 16.5. The van der Waals surface area contributed by atoms with Gasteiger partial charge in [-0.2, -0.15) is 5.10 Å². The minimum absolute atomic E-state index is 0.0154. The van der Waals surface area contributed by atoms with Gasteiger partial charge in [-0.15, -0.1) is 0 Å². The Labute approximate surface area is 163 Å². The van der Waals surface area contributed by atoms with E-state index in [2.05, 4.69) is 64.3 Å². The van der Waals surface area contributed by atoms with Crippen LogP contribution in [0.2, 0.25) is 0 Å². The normalized spacial score (nSPS) is 14.0. The van der Waals surface area contributed by atoms with Crippen molar-refractivity contribution in [3.8, 4) is 16.9 Å². The van der Waals surface area contributed by atoms with Crippen molar-refractivity contribution in [3.63, 3.8) is 0 Å². The molecule has 1 aromatic heterocycles. The fraction of sp³-hybridized carbons (Fsp3) is 0.0833. The van der Waals surface area contributed by atoms with Gasteiger partial charge in [0.15, 0.2) is 0 Å². The molecule has 28 heavy (non-hydrogen) atoms. The van der Waals surface area contributed by atoms with Gasteiger partial charge in [-0.3, -0.25) is 4.79 Å². The number of carbonyl (C=O) groups is 1. The number of aromatic nitrogens is 1. The summed E-state index contributed by atoms with van der Waals surface area (Å²) in [7, 11) is 0. The number of carbonyl (C=O) groups excluding carboxylic acids is 1. The smallest absolute Gasteiger partial charge is 0.253 e. The lowest BCUT2D eigenvalue weighted by molar-refractivity contribution is -0.116. The highest BCUT2D eigenvalue weighted by Crippen LogP contribution is 2.32. The second kappa shape index (κ2) is 6.50. The van der Waals surface area contributed by atoms with Crippen LogP contribution in [0, 0.1) is 0 Å². The molecule has 0 aliphatic carbocycles. The molecular formula is C24H19N3O. The molecule has 0 fully saturated rings. The fourth-order valence-electron chi connectivity index (χ4n) is 3.75. The number of amides is 1. The van der Waals surface area contributed by atoms with Crippen LogP contribution in [0.25, 0.3) is 27.8 Å². The number of para-hydroxylation sites is 1. The molecule has 0 saturated heterocycles. The number of rotatable bonds is 3. The Hall–Kier alpha value is -3.66. The largest absolute Gasteiger partial charge is 0.309 e. The van der Waals surface area contributed by atoms with Crippen molar-refractivity contribution in [2.75, 3.05) is 5.01 Å². The van der Waals surface area contributed by atoms with E-state index in [0.717, 1.165) is 33.9 Å². The number of anilines is 1. The Morgan fingerprint density at radius 3 is 2.21 bits per heavy atom. The molecule has 4 heteroatoms. The lowest BCUT2D eigenvalue weighted by Crippen LogP contribution is -2.19. The first-order chi connectivity index (χ1) is 13.7. The number of benzene rings is 3. The molecule has 0 bridgehead atoms. The van der Waals surface area contributed by atoms with Crippen molar-refractivity contribution >= 4 is 28.2 Å². The highest BCUT2D eigenvalue weighted by atomic mass is 16.2. The van der Waals surface area contributed by atoms with Gasteiger partial charge >= 0.3 is 0 Å².